The van der Waals surface area contributed by atoms with E-state index in [4.69, 9.17) is 18.9 Å². The van der Waals surface area contributed by atoms with Crippen LogP contribution in [0.5, 0.6) is 34.5 Å². The number of likely N-dealkylation sites (tertiary alicyclic amines) is 1. The van der Waals surface area contributed by atoms with E-state index in [-0.39, 0.29) is 106 Å². The maximum absolute atomic E-state index is 13.4. The highest BCUT2D eigenvalue weighted by molar-refractivity contribution is 5.98. The maximum atomic E-state index is 13.4. The molecule has 2 aliphatic rings. The van der Waals surface area contributed by atoms with E-state index in [0.717, 1.165) is 55.2 Å². The second-order valence-corrected chi connectivity index (χ2v) is 28.0. The molecule has 1 amide bonds. The van der Waals surface area contributed by atoms with Gasteiger partial charge in [-0.3, -0.25) is 59.1 Å². The second kappa shape index (κ2) is 42.6. The van der Waals surface area contributed by atoms with Gasteiger partial charge in [0, 0.05) is 115 Å². The minimum Gasteiger partial charge on any atom is -0.508 e. The van der Waals surface area contributed by atoms with Crippen LogP contribution >= 0.6 is 0 Å². The summed E-state index contributed by atoms with van der Waals surface area (Å²) in [5.74, 6) is -2.14. The van der Waals surface area contributed by atoms with E-state index < -0.39 is 74.4 Å². The van der Waals surface area contributed by atoms with Crippen molar-refractivity contribution in [3.8, 4) is 34.5 Å². The number of benzene rings is 6. The predicted molar refractivity (Wildman–Crippen MR) is 405 cm³/mol. The molecular formula is C82H100N6O21. The number of phenols is 2. The van der Waals surface area contributed by atoms with Crippen molar-refractivity contribution < 1.29 is 87.1 Å². The number of unbranched alkanes of at least 4 members (excludes halogenated alkanes) is 3. The molecule has 27 nitrogen and oxygen atoms in total. The number of nitrogens with zero attached hydrogens (tertiary/aromatic N) is 4. The number of ether oxygens (including phenoxy) is 4. The van der Waals surface area contributed by atoms with Crippen molar-refractivity contribution in [1.82, 2.24) is 15.5 Å². The lowest BCUT2D eigenvalue weighted by atomic mass is 9.78. The molecule has 3 unspecified atom stereocenters. The molecule has 0 bridgehead atoms. The lowest BCUT2D eigenvalue weighted by molar-refractivity contribution is -0.385. The number of Topliss-reactive ketones (excluding diaryl/α,β-unsaturated/α-hetero) is 7. The van der Waals surface area contributed by atoms with Gasteiger partial charge in [-0.25, -0.2) is 0 Å². The van der Waals surface area contributed by atoms with E-state index in [1.807, 2.05) is 72.8 Å². The number of carbonyl (C=O) groups is 9. The lowest BCUT2D eigenvalue weighted by Crippen LogP contribution is -2.55. The number of hydrogen-bond acceptors (Lipinski definition) is 23. The van der Waals surface area contributed by atoms with Gasteiger partial charge in [0.15, 0.2) is 17.3 Å². The number of carbonyl (C=O) groups excluding carboxylic acids is 9. The summed E-state index contributed by atoms with van der Waals surface area (Å²) in [6.07, 6.45) is 7.52. The normalized spacial score (nSPS) is 17.8. The number of ketones is 7. The van der Waals surface area contributed by atoms with Crippen LogP contribution in [0.2, 0.25) is 0 Å². The van der Waals surface area contributed by atoms with Crippen LogP contribution in [0.1, 0.15) is 160 Å². The summed E-state index contributed by atoms with van der Waals surface area (Å²) in [5.41, 5.74) is 3.20. The molecule has 8 rings (SSSR count). The van der Waals surface area contributed by atoms with E-state index in [1.54, 1.807) is 62.3 Å². The molecule has 0 spiro atoms. The zero-order valence-electron chi connectivity index (χ0n) is 63.5. The van der Waals surface area contributed by atoms with Crippen LogP contribution in [0.3, 0.4) is 0 Å². The Morgan fingerprint density at radius 1 is 0.560 bits per heavy atom. The molecule has 27 heteroatoms. The highest BCUT2D eigenvalue weighted by Gasteiger charge is 2.44. The van der Waals surface area contributed by atoms with Crippen molar-refractivity contribution in [2.75, 3.05) is 19.8 Å². The number of non-ortho nitro benzene ring substituents is 3. The van der Waals surface area contributed by atoms with Crippen molar-refractivity contribution in [3.05, 3.63) is 191 Å². The summed E-state index contributed by atoms with van der Waals surface area (Å²) in [5, 5.41) is 59.6. The van der Waals surface area contributed by atoms with Gasteiger partial charge in [0.05, 0.1) is 65.2 Å². The fourth-order valence-electron chi connectivity index (χ4n) is 12.6. The summed E-state index contributed by atoms with van der Waals surface area (Å²) in [4.78, 5) is 144. The average molecular weight is 1510 g/mol. The van der Waals surface area contributed by atoms with Gasteiger partial charge in [-0.2, -0.15) is 0 Å². The third-order valence-electron chi connectivity index (χ3n) is 19.6. The smallest absolute Gasteiger partial charge is 0.314 e. The molecule has 0 aromatic heterocycles. The molecular weight excluding hydrogens is 1400 g/mol. The van der Waals surface area contributed by atoms with E-state index >= 15 is 0 Å². The minimum absolute atomic E-state index is 0.0556. The Labute approximate surface area is 634 Å². The number of nitrogens with one attached hydrogen (secondary N) is 2. The predicted octanol–water partition coefficient (Wildman–Crippen LogP) is 13.0. The zero-order chi connectivity index (χ0) is 80.2. The third-order valence-corrected chi connectivity index (χ3v) is 19.6. The second-order valence-electron chi connectivity index (χ2n) is 28.0. The molecule has 0 radical (unpaired) electrons. The number of phenolic OH excluding ortho intramolecular Hbond substituents is 2. The summed E-state index contributed by atoms with van der Waals surface area (Å²) in [7, 11) is 0. The van der Waals surface area contributed by atoms with Gasteiger partial charge >= 0.3 is 5.97 Å². The number of esters is 1. The molecule has 2 heterocycles. The standard InChI is InChI=1S/C28H36N2O7.2C27H32N2O7/c1-18(31)7-5-6-14-37-25-11-8-22(9-12-25)15-26(19(2)21(4)32)28(34)20(3)29-17-23-16-24(30(35)36)10-13-27(23)33;1-17(30)6-4-5-13-35-23-10-7-20(8-11-23)14-24-18(2)27(32)36-25-12-9-22(29(33)34)15-21(25)16-28-19(3)26(24)31;1-17(30)6-4-5-13-36-23-10-7-20(8-11-23)14-24-18(2)27(33)28(19(3)26(24)32)16-21-15-22(29(34)35)9-12-25(21)31/h8-13,16,19-20,26,29,33H,5-7,14-15,17H2,1-4H3;7-12,15,18-19,24,28H,4-6,13-14,16H2,1-3H3;7-12,15,18-19,24,31H,4-6,13-14,16H2,1-3H3/t19-,20-,26?;2*18-,19+,24?/m011/s1. The first-order valence-corrected chi connectivity index (χ1v) is 36.7. The fourth-order valence-corrected chi connectivity index (χ4v) is 12.6. The van der Waals surface area contributed by atoms with Crippen molar-refractivity contribution >= 4 is 69.4 Å². The molecule has 1 saturated heterocycles. The fraction of sp³-hybridized carbons (Fsp3) is 0.451. The first kappa shape index (κ1) is 87.0. The third kappa shape index (κ3) is 27.1. The topological polar surface area (TPSA) is 388 Å². The summed E-state index contributed by atoms with van der Waals surface area (Å²) < 4.78 is 22.7. The molecule has 0 aliphatic carbocycles. The molecule has 6 aromatic rings. The van der Waals surface area contributed by atoms with Crippen LogP contribution in [-0.2, 0) is 82.0 Å². The highest BCUT2D eigenvalue weighted by atomic mass is 16.6. The van der Waals surface area contributed by atoms with E-state index in [1.165, 1.54) is 66.4 Å². The number of amides is 1. The number of hydrogen-bond donors (Lipinski definition) is 4. The Kier molecular flexibility index (Phi) is 34.0. The molecule has 1 fully saturated rings. The molecule has 9 atom stereocenters. The van der Waals surface area contributed by atoms with Gasteiger partial charge < -0.3 is 59.1 Å². The zero-order valence-corrected chi connectivity index (χ0v) is 63.5. The number of fused-ring (bicyclic) bond motifs is 1. The van der Waals surface area contributed by atoms with Gasteiger partial charge in [-0.1, -0.05) is 57.2 Å². The van der Waals surface area contributed by atoms with Gasteiger partial charge in [0.25, 0.3) is 17.1 Å². The quantitative estimate of drug-likeness (QED) is 0.00933. The lowest BCUT2D eigenvalue weighted by Gasteiger charge is -2.40. The largest absolute Gasteiger partial charge is 0.508 e. The molecule has 0 saturated carbocycles. The van der Waals surface area contributed by atoms with Crippen LogP contribution in [0, 0.1) is 65.9 Å². The molecule has 6 aromatic carbocycles. The minimum atomic E-state index is -0.727. The summed E-state index contributed by atoms with van der Waals surface area (Å²) in [6, 6.07) is 31.7. The SMILES string of the molecule is CC(=O)CCCCOc1ccc(CC(C(=O)[C@H](C)NCc2cc([N+](=O)[O-])ccc2O)[C@@H](C)C(C)=O)cc1.CC(=O)CCCCOc1ccc(CC2C(=O)[C@H](C)N(Cc3cc([N+](=O)[O-])ccc3O)C(=O)[C@@H]2C)cc1.CC(=O)CCCCOc1ccc(CC2C(=O)[C@H](C)NCc3cc([N+](=O)[O-])ccc3OC(=O)[C@@H]2C)cc1. The number of rotatable bonds is 36. The highest BCUT2D eigenvalue weighted by Crippen LogP contribution is 2.35. The Morgan fingerprint density at radius 2 is 0.982 bits per heavy atom. The number of piperidine rings is 1. The molecule has 4 N–H and O–H groups in total. The van der Waals surface area contributed by atoms with Gasteiger partial charge in [-0.05, 0) is 178 Å². The van der Waals surface area contributed by atoms with E-state index in [0.29, 0.717) is 86.7 Å². The molecule has 109 heavy (non-hydrogen) atoms. The average Bonchev–Trinajstić information content (AvgIpc) is 0.783. The Hall–Kier alpha value is -10.9. The van der Waals surface area contributed by atoms with Crippen molar-refractivity contribution in [1.29, 1.82) is 0 Å². The van der Waals surface area contributed by atoms with Gasteiger partial charge in [0.2, 0.25) is 5.91 Å². The van der Waals surface area contributed by atoms with Crippen LogP contribution in [0.25, 0.3) is 0 Å². The van der Waals surface area contributed by atoms with Crippen molar-refractivity contribution in [2.45, 2.75) is 184 Å². The van der Waals surface area contributed by atoms with Crippen molar-refractivity contribution in [3.63, 3.8) is 0 Å². The first-order valence-electron chi connectivity index (χ1n) is 36.7. The first-order chi connectivity index (χ1) is 51.7. The Morgan fingerprint density at radius 3 is 1.43 bits per heavy atom. The summed E-state index contributed by atoms with van der Waals surface area (Å²) >= 11 is 0. The molecule has 584 valence electrons. The monoisotopic (exact) mass is 1500 g/mol. The van der Waals surface area contributed by atoms with E-state index in [9.17, 15) is 83.7 Å². The number of aromatic hydroxyl groups is 2. The Balaban J connectivity index is 0.000000256. The van der Waals surface area contributed by atoms with Crippen LogP contribution in [0.15, 0.2) is 127 Å². The summed E-state index contributed by atoms with van der Waals surface area (Å²) in [6.45, 7) is 18.0. The maximum Gasteiger partial charge on any atom is 0.314 e. The van der Waals surface area contributed by atoms with Gasteiger partial charge in [-0.15, -0.1) is 0 Å². The van der Waals surface area contributed by atoms with Crippen molar-refractivity contribution in [2.24, 2.45) is 35.5 Å². The van der Waals surface area contributed by atoms with E-state index in [2.05, 4.69) is 10.6 Å². The number of nitro benzene ring substituents is 3. The van der Waals surface area contributed by atoms with Crippen LogP contribution in [0.4, 0.5) is 17.1 Å². The van der Waals surface area contributed by atoms with Crippen LogP contribution in [-0.4, -0.2) is 120 Å². The van der Waals surface area contributed by atoms with Crippen LogP contribution < -0.4 is 29.6 Å². The Bertz CT molecular complexity index is 4180. The number of nitro groups is 3. The van der Waals surface area contributed by atoms with Gasteiger partial charge in [0.1, 0.15) is 57.6 Å². The molecule has 2 aliphatic heterocycles.